The van der Waals surface area contributed by atoms with E-state index >= 15 is 0 Å². The molecule has 0 saturated carbocycles. The summed E-state index contributed by atoms with van der Waals surface area (Å²) in [4.78, 5) is 0. The third-order valence-electron chi connectivity index (χ3n) is 2.41. The van der Waals surface area contributed by atoms with Gasteiger partial charge in [-0.1, -0.05) is 13.8 Å². The van der Waals surface area contributed by atoms with E-state index in [9.17, 15) is 0 Å². The minimum atomic E-state index is 0.512. The molecule has 13 heavy (non-hydrogen) atoms. The lowest BCUT2D eigenvalue weighted by atomic mass is 10.1. The summed E-state index contributed by atoms with van der Waals surface area (Å²) in [5, 5.41) is 3.31. The van der Waals surface area contributed by atoms with Gasteiger partial charge in [0.25, 0.3) is 0 Å². The van der Waals surface area contributed by atoms with Crippen LogP contribution in [0.1, 0.15) is 38.3 Å². The molecule has 0 saturated heterocycles. The van der Waals surface area contributed by atoms with E-state index in [1.54, 1.807) is 0 Å². The van der Waals surface area contributed by atoms with Crippen LogP contribution in [0.4, 0.5) is 0 Å². The maximum Gasteiger partial charge on any atom is 0.0329 e. The van der Waals surface area contributed by atoms with Gasteiger partial charge in [0.05, 0.1) is 0 Å². The Morgan fingerprint density at radius 1 is 1.46 bits per heavy atom. The predicted molar refractivity (Wildman–Crippen MR) is 56.8 cm³/mol. The molecule has 1 atom stereocenters. The van der Waals surface area contributed by atoms with E-state index in [2.05, 4.69) is 42.2 Å². The first-order chi connectivity index (χ1) is 6.31. The molecule has 0 aliphatic rings. The van der Waals surface area contributed by atoms with Gasteiger partial charge in [-0.25, -0.2) is 0 Å². The SMILES string of the molecule is CCCn1ccc(C(CC)NC)c1. The topological polar surface area (TPSA) is 17.0 Å². The van der Waals surface area contributed by atoms with Crippen LogP contribution in [0.3, 0.4) is 0 Å². The molecule has 0 fully saturated rings. The molecule has 1 heterocycles. The monoisotopic (exact) mass is 180 g/mol. The number of aryl methyl sites for hydroxylation is 1. The highest BCUT2D eigenvalue weighted by molar-refractivity contribution is 5.15. The number of nitrogens with one attached hydrogen (secondary N) is 1. The fourth-order valence-electron chi connectivity index (χ4n) is 1.67. The van der Waals surface area contributed by atoms with Crippen molar-refractivity contribution in [2.24, 2.45) is 0 Å². The van der Waals surface area contributed by atoms with Gasteiger partial charge >= 0.3 is 0 Å². The molecule has 1 rings (SSSR count). The number of rotatable bonds is 5. The summed E-state index contributed by atoms with van der Waals surface area (Å²) >= 11 is 0. The van der Waals surface area contributed by atoms with Crippen LogP contribution in [-0.2, 0) is 6.54 Å². The van der Waals surface area contributed by atoms with Crippen molar-refractivity contribution in [1.82, 2.24) is 9.88 Å². The fourth-order valence-corrected chi connectivity index (χ4v) is 1.67. The summed E-state index contributed by atoms with van der Waals surface area (Å²) < 4.78 is 2.26. The van der Waals surface area contributed by atoms with Crippen molar-refractivity contribution in [2.75, 3.05) is 7.05 Å². The van der Waals surface area contributed by atoms with Crippen LogP contribution < -0.4 is 5.32 Å². The largest absolute Gasteiger partial charge is 0.354 e. The van der Waals surface area contributed by atoms with Gasteiger partial charge in [-0.05, 0) is 31.5 Å². The summed E-state index contributed by atoms with van der Waals surface area (Å²) in [7, 11) is 2.02. The second-order valence-electron chi connectivity index (χ2n) is 3.43. The molecule has 0 aliphatic carbocycles. The molecule has 0 radical (unpaired) electrons. The molecule has 1 aromatic rings. The molecule has 74 valence electrons. The van der Waals surface area contributed by atoms with Gasteiger partial charge in [0.2, 0.25) is 0 Å². The number of hydrogen-bond acceptors (Lipinski definition) is 1. The molecule has 0 amide bonds. The highest BCUT2D eigenvalue weighted by atomic mass is 14.9. The fraction of sp³-hybridized carbons (Fsp3) is 0.636. The number of nitrogens with zero attached hydrogens (tertiary/aromatic N) is 1. The van der Waals surface area contributed by atoms with Gasteiger partial charge in [0, 0.05) is 25.0 Å². The van der Waals surface area contributed by atoms with Crippen molar-refractivity contribution >= 4 is 0 Å². The normalized spacial score (nSPS) is 13.2. The van der Waals surface area contributed by atoms with Crippen molar-refractivity contribution in [3.8, 4) is 0 Å². The Labute approximate surface area is 81.0 Å². The Morgan fingerprint density at radius 2 is 2.23 bits per heavy atom. The van der Waals surface area contributed by atoms with Crippen LogP contribution in [-0.4, -0.2) is 11.6 Å². The second-order valence-corrected chi connectivity index (χ2v) is 3.43. The van der Waals surface area contributed by atoms with Crippen molar-refractivity contribution in [2.45, 2.75) is 39.3 Å². The molecule has 2 nitrogen and oxygen atoms in total. The lowest BCUT2D eigenvalue weighted by molar-refractivity contribution is 0.573. The summed E-state index contributed by atoms with van der Waals surface area (Å²) in [6, 6.07) is 2.72. The third kappa shape index (κ3) is 2.59. The molecule has 0 aromatic carbocycles. The number of hydrogen-bond donors (Lipinski definition) is 1. The quantitative estimate of drug-likeness (QED) is 0.737. The maximum atomic E-state index is 3.31. The van der Waals surface area contributed by atoms with E-state index in [1.165, 1.54) is 12.0 Å². The molecular weight excluding hydrogens is 160 g/mol. The van der Waals surface area contributed by atoms with Crippen molar-refractivity contribution in [3.05, 3.63) is 24.0 Å². The maximum absolute atomic E-state index is 3.31. The average Bonchev–Trinajstić information content (AvgIpc) is 2.56. The zero-order chi connectivity index (χ0) is 9.68. The third-order valence-corrected chi connectivity index (χ3v) is 2.41. The van der Waals surface area contributed by atoms with E-state index in [0.717, 1.165) is 13.0 Å². The van der Waals surface area contributed by atoms with Crippen molar-refractivity contribution in [1.29, 1.82) is 0 Å². The first-order valence-corrected chi connectivity index (χ1v) is 5.14. The van der Waals surface area contributed by atoms with Gasteiger partial charge in [-0.15, -0.1) is 0 Å². The minimum absolute atomic E-state index is 0.512. The van der Waals surface area contributed by atoms with Crippen LogP contribution in [0, 0.1) is 0 Å². The molecule has 1 unspecified atom stereocenters. The lowest BCUT2D eigenvalue weighted by Gasteiger charge is -2.11. The van der Waals surface area contributed by atoms with E-state index in [4.69, 9.17) is 0 Å². The van der Waals surface area contributed by atoms with Crippen LogP contribution in [0.15, 0.2) is 18.5 Å². The number of aromatic nitrogens is 1. The van der Waals surface area contributed by atoms with Crippen LogP contribution >= 0.6 is 0 Å². The Morgan fingerprint density at radius 3 is 2.77 bits per heavy atom. The smallest absolute Gasteiger partial charge is 0.0329 e. The highest BCUT2D eigenvalue weighted by Gasteiger charge is 2.06. The Hall–Kier alpha value is -0.760. The molecule has 0 spiro atoms. The standard InChI is InChI=1S/C11H20N2/c1-4-7-13-8-6-10(9-13)11(5-2)12-3/h6,8-9,11-12H,4-5,7H2,1-3H3. The van der Waals surface area contributed by atoms with E-state index in [0.29, 0.717) is 6.04 Å². The zero-order valence-corrected chi connectivity index (χ0v) is 8.88. The van der Waals surface area contributed by atoms with Crippen molar-refractivity contribution in [3.63, 3.8) is 0 Å². The van der Waals surface area contributed by atoms with Crippen molar-refractivity contribution < 1.29 is 0 Å². The van der Waals surface area contributed by atoms with Gasteiger partial charge in [0.1, 0.15) is 0 Å². The van der Waals surface area contributed by atoms with Gasteiger partial charge in [-0.3, -0.25) is 0 Å². The van der Waals surface area contributed by atoms with Crippen LogP contribution in [0.2, 0.25) is 0 Å². The molecule has 0 aliphatic heterocycles. The lowest BCUT2D eigenvalue weighted by Crippen LogP contribution is -2.14. The summed E-state index contributed by atoms with van der Waals surface area (Å²) in [5.74, 6) is 0. The Balaban J connectivity index is 2.66. The van der Waals surface area contributed by atoms with Gasteiger partial charge in [-0.2, -0.15) is 0 Å². The van der Waals surface area contributed by atoms with E-state index < -0.39 is 0 Å². The van der Waals surface area contributed by atoms with Gasteiger partial charge < -0.3 is 9.88 Å². The first kappa shape index (κ1) is 10.3. The molecule has 2 heteroatoms. The average molecular weight is 180 g/mol. The summed E-state index contributed by atoms with van der Waals surface area (Å²) in [5.41, 5.74) is 1.40. The van der Waals surface area contributed by atoms with Gasteiger partial charge in [0.15, 0.2) is 0 Å². The minimum Gasteiger partial charge on any atom is -0.354 e. The van der Waals surface area contributed by atoms with Crippen LogP contribution in [0.25, 0.3) is 0 Å². The molecule has 0 bridgehead atoms. The summed E-state index contributed by atoms with van der Waals surface area (Å²) in [6.45, 7) is 5.54. The highest BCUT2D eigenvalue weighted by Crippen LogP contribution is 2.16. The zero-order valence-electron chi connectivity index (χ0n) is 8.88. The Kier molecular flexibility index (Phi) is 4.03. The molecule has 1 N–H and O–H groups in total. The summed E-state index contributed by atoms with van der Waals surface area (Å²) in [6.07, 6.45) is 6.75. The van der Waals surface area contributed by atoms with Crippen LogP contribution in [0.5, 0.6) is 0 Å². The second kappa shape index (κ2) is 5.07. The molecule has 1 aromatic heterocycles. The molecular formula is C11H20N2. The first-order valence-electron chi connectivity index (χ1n) is 5.14. The Bertz CT molecular complexity index is 236. The predicted octanol–water partition coefficient (Wildman–Crippen LogP) is 2.57. The van der Waals surface area contributed by atoms with E-state index in [1.807, 2.05) is 7.05 Å². The van der Waals surface area contributed by atoms with E-state index in [-0.39, 0.29) is 0 Å².